The summed E-state index contributed by atoms with van der Waals surface area (Å²) < 4.78 is 22.9. The SMILES string of the molecule is COC(=O)C1COC(c2ccc(F)cc2)CN1. The molecule has 0 bridgehead atoms. The second-order valence-electron chi connectivity index (χ2n) is 3.86. The number of halogens is 1. The molecule has 1 saturated heterocycles. The van der Waals surface area contributed by atoms with E-state index in [1.54, 1.807) is 12.1 Å². The van der Waals surface area contributed by atoms with E-state index in [9.17, 15) is 9.18 Å². The predicted molar refractivity (Wildman–Crippen MR) is 58.9 cm³/mol. The van der Waals surface area contributed by atoms with E-state index in [1.807, 2.05) is 0 Å². The van der Waals surface area contributed by atoms with Crippen molar-refractivity contribution in [1.82, 2.24) is 5.32 Å². The zero-order chi connectivity index (χ0) is 12.3. The third-order valence-corrected chi connectivity index (χ3v) is 2.74. The summed E-state index contributed by atoms with van der Waals surface area (Å²) >= 11 is 0. The van der Waals surface area contributed by atoms with Crippen molar-refractivity contribution in [2.45, 2.75) is 12.1 Å². The van der Waals surface area contributed by atoms with Gasteiger partial charge in [-0.3, -0.25) is 10.1 Å². The molecule has 0 amide bonds. The number of rotatable bonds is 2. The number of ether oxygens (including phenoxy) is 2. The maximum absolute atomic E-state index is 12.7. The lowest BCUT2D eigenvalue weighted by molar-refractivity contribution is -0.147. The van der Waals surface area contributed by atoms with Crippen LogP contribution in [0.4, 0.5) is 4.39 Å². The van der Waals surface area contributed by atoms with Gasteiger partial charge >= 0.3 is 5.97 Å². The van der Waals surface area contributed by atoms with Crippen LogP contribution in [-0.2, 0) is 14.3 Å². The first-order valence-electron chi connectivity index (χ1n) is 5.39. The molecule has 0 spiro atoms. The Hall–Kier alpha value is -1.46. The average molecular weight is 239 g/mol. The Morgan fingerprint density at radius 1 is 1.47 bits per heavy atom. The van der Waals surface area contributed by atoms with Gasteiger partial charge < -0.3 is 9.47 Å². The zero-order valence-electron chi connectivity index (χ0n) is 9.48. The fourth-order valence-corrected chi connectivity index (χ4v) is 1.76. The average Bonchev–Trinajstić information content (AvgIpc) is 2.39. The smallest absolute Gasteiger partial charge is 0.325 e. The number of nitrogens with one attached hydrogen (secondary N) is 1. The van der Waals surface area contributed by atoms with Gasteiger partial charge in [-0.2, -0.15) is 0 Å². The molecule has 1 heterocycles. The number of esters is 1. The summed E-state index contributed by atoms with van der Waals surface area (Å²) in [6.07, 6.45) is -0.156. The van der Waals surface area contributed by atoms with Crippen LogP contribution in [0.15, 0.2) is 24.3 Å². The third kappa shape index (κ3) is 2.81. The van der Waals surface area contributed by atoms with Crippen molar-refractivity contribution in [3.8, 4) is 0 Å². The zero-order valence-corrected chi connectivity index (χ0v) is 9.48. The topological polar surface area (TPSA) is 47.6 Å². The van der Waals surface area contributed by atoms with Gasteiger partial charge in [0, 0.05) is 6.54 Å². The number of hydrogen-bond acceptors (Lipinski definition) is 4. The van der Waals surface area contributed by atoms with Crippen LogP contribution >= 0.6 is 0 Å². The van der Waals surface area contributed by atoms with Gasteiger partial charge in [-0.1, -0.05) is 12.1 Å². The Bertz CT molecular complexity index is 385. The molecule has 0 aliphatic carbocycles. The Balaban J connectivity index is 1.95. The maximum atomic E-state index is 12.7. The predicted octanol–water partition coefficient (Wildman–Crippen LogP) is 1.03. The van der Waals surface area contributed by atoms with Crippen molar-refractivity contribution in [2.75, 3.05) is 20.3 Å². The van der Waals surface area contributed by atoms with Crippen LogP contribution in [0.3, 0.4) is 0 Å². The second kappa shape index (κ2) is 5.25. The van der Waals surface area contributed by atoms with Crippen LogP contribution in [0.5, 0.6) is 0 Å². The molecular formula is C12H14FNO3. The molecule has 1 aliphatic rings. The van der Waals surface area contributed by atoms with Gasteiger partial charge in [0.15, 0.2) is 0 Å². The highest BCUT2D eigenvalue weighted by Crippen LogP contribution is 2.20. The summed E-state index contributed by atoms with van der Waals surface area (Å²) in [5.41, 5.74) is 0.891. The highest BCUT2D eigenvalue weighted by atomic mass is 19.1. The number of carbonyl (C=O) groups is 1. The largest absolute Gasteiger partial charge is 0.468 e. The molecule has 1 aromatic rings. The van der Waals surface area contributed by atoms with Gasteiger partial charge in [0.05, 0.1) is 19.8 Å². The van der Waals surface area contributed by atoms with Gasteiger partial charge in [0.1, 0.15) is 11.9 Å². The molecule has 0 radical (unpaired) electrons. The molecule has 92 valence electrons. The van der Waals surface area contributed by atoms with E-state index >= 15 is 0 Å². The first-order chi connectivity index (χ1) is 8.20. The lowest BCUT2D eigenvalue weighted by Crippen LogP contribution is -2.48. The molecule has 1 aromatic carbocycles. The van der Waals surface area contributed by atoms with Crippen molar-refractivity contribution in [2.24, 2.45) is 0 Å². The van der Waals surface area contributed by atoms with Crippen LogP contribution in [0.2, 0.25) is 0 Å². The van der Waals surface area contributed by atoms with Gasteiger partial charge in [0.2, 0.25) is 0 Å². The fourth-order valence-electron chi connectivity index (χ4n) is 1.76. The Morgan fingerprint density at radius 3 is 2.71 bits per heavy atom. The van der Waals surface area contributed by atoms with Crippen LogP contribution < -0.4 is 5.32 Å². The van der Waals surface area contributed by atoms with Crippen LogP contribution in [0.1, 0.15) is 11.7 Å². The minimum Gasteiger partial charge on any atom is -0.468 e. The normalized spacial score (nSPS) is 24.4. The van der Waals surface area contributed by atoms with Crippen molar-refractivity contribution < 1.29 is 18.7 Å². The highest BCUT2D eigenvalue weighted by Gasteiger charge is 2.27. The molecule has 2 atom stereocenters. The van der Waals surface area contributed by atoms with Crippen molar-refractivity contribution in [1.29, 1.82) is 0 Å². The lowest BCUT2D eigenvalue weighted by atomic mass is 10.1. The molecule has 4 nitrogen and oxygen atoms in total. The van der Waals surface area contributed by atoms with Gasteiger partial charge in [-0.05, 0) is 17.7 Å². The number of methoxy groups -OCH3 is 1. The minimum absolute atomic E-state index is 0.156. The molecule has 1 fully saturated rings. The van der Waals surface area contributed by atoms with Crippen molar-refractivity contribution in [3.05, 3.63) is 35.6 Å². The third-order valence-electron chi connectivity index (χ3n) is 2.74. The monoisotopic (exact) mass is 239 g/mol. The highest BCUT2D eigenvalue weighted by molar-refractivity contribution is 5.75. The Labute approximate surface area is 98.7 Å². The lowest BCUT2D eigenvalue weighted by Gasteiger charge is -2.29. The van der Waals surface area contributed by atoms with Crippen LogP contribution in [0.25, 0.3) is 0 Å². The van der Waals surface area contributed by atoms with E-state index in [0.29, 0.717) is 6.54 Å². The van der Waals surface area contributed by atoms with E-state index in [1.165, 1.54) is 19.2 Å². The molecule has 0 aromatic heterocycles. The summed E-state index contributed by atoms with van der Waals surface area (Å²) in [5, 5.41) is 3.04. The molecule has 17 heavy (non-hydrogen) atoms. The summed E-state index contributed by atoms with van der Waals surface area (Å²) in [5.74, 6) is -0.604. The van der Waals surface area contributed by atoms with E-state index in [0.717, 1.165) is 5.56 Å². The van der Waals surface area contributed by atoms with Crippen LogP contribution in [0, 0.1) is 5.82 Å². The standard InChI is InChI=1S/C12H14FNO3/c1-16-12(15)10-7-17-11(6-14-10)8-2-4-9(13)5-3-8/h2-5,10-11,14H,6-7H2,1H3. The van der Waals surface area contributed by atoms with E-state index in [4.69, 9.17) is 4.74 Å². The molecule has 1 aliphatic heterocycles. The molecule has 2 rings (SSSR count). The van der Waals surface area contributed by atoms with Gasteiger partial charge in [-0.25, -0.2) is 4.39 Å². The summed E-state index contributed by atoms with van der Waals surface area (Å²) in [4.78, 5) is 11.2. The van der Waals surface area contributed by atoms with Crippen LogP contribution in [-0.4, -0.2) is 32.3 Å². The first kappa shape index (κ1) is 12.0. The summed E-state index contributed by atoms with van der Waals surface area (Å²) in [6.45, 7) is 0.764. The van der Waals surface area contributed by atoms with Crippen molar-refractivity contribution >= 4 is 5.97 Å². The van der Waals surface area contributed by atoms with E-state index < -0.39 is 6.04 Å². The van der Waals surface area contributed by atoms with Gasteiger partial charge in [0.25, 0.3) is 0 Å². The fraction of sp³-hybridized carbons (Fsp3) is 0.417. The molecular weight excluding hydrogens is 225 g/mol. The first-order valence-corrected chi connectivity index (χ1v) is 5.39. The molecule has 5 heteroatoms. The van der Waals surface area contributed by atoms with E-state index in [-0.39, 0.29) is 24.5 Å². The number of hydrogen-bond donors (Lipinski definition) is 1. The molecule has 2 unspecified atom stereocenters. The number of benzene rings is 1. The molecule has 0 saturated carbocycles. The quantitative estimate of drug-likeness (QED) is 0.783. The van der Waals surface area contributed by atoms with E-state index in [2.05, 4.69) is 10.1 Å². The Kier molecular flexibility index (Phi) is 3.71. The maximum Gasteiger partial charge on any atom is 0.325 e. The summed E-state index contributed by atoms with van der Waals surface area (Å²) in [7, 11) is 1.34. The summed E-state index contributed by atoms with van der Waals surface area (Å²) in [6, 6.07) is 5.73. The number of morpholine rings is 1. The van der Waals surface area contributed by atoms with Crippen molar-refractivity contribution in [3.63, 3.8) is 0 Å². The number of carbonyl (C=O) groups excluding carboxylic acids is 1. The second-order valence-corrected chi connectivity index (χ2v) is 3.86. The van der Waals surface area contributed by atoms with Gasteiger partial charge in [-0.15, -0.1) is 0 Å². The Morgan fingerprint density at radius 2 is 2.18 bits per heavy atom. The molecule has 1 N–H and O–H groups in total. The minimum atomic E-state index is -0.420.